The number of ether oxygens (including phenoxy) is 2. The van der Waals surface area contributed by atoms with Crippen LogP contribution in [0.4, 0.5) is 0 Å². The average Bonchev–Trinajstić information content (AvgIpc) is 2.99. The molecule has 0 bridgehead atoms. The molecule has 70 valence electrons. The van der Waals surface area contributed by atoms with Gasteiger partial charge in [0.15, 0.2) is 0 Å². The summed E-state index contributed by atoms with van der Waals surface area (Å²) in [5.41, 5.74) is 0. The van der Waals surface area contributed by atoms with Crippen LogP contribution in [0.2, 0.25) is 0 Å². The van der Waals surface area contributed by atoms with Crippen molar-refractivity contribution in [3.8, 4) is 11.5 Å². The van der Waals surface area contributed by atoms with Crippen molar-refractivity contribution in [2.75, 3.05) is 13.2 Å². The van der Waals surface area contributed by atoms with Crippen molar-refractivity contribution >= 4 is 9.47 Å². The zero-order chi connectivity index (χ0) is 9.10. The van der Waals surface area contributed by atoms with Gasteiger partial charge in [-0.1, -0.05) is 6.07 Å². The minimum absolute atomic E-state index is 0.292. The van der Waals surface area contributed by atoms with Crippen molar-refractivity contribution in [2.24, 2.45) is 0 Å². The lowest BCUT2D eigenvalue weighted by Gasteiger charge is -2.05. The van der Waals surface area contributed by atoms with E-state index >= 15 is 0 Å². The van der Waals surface area contributed by atoms with Crippen LogP contribution in [0.25, 0.3) is 0 Å². The molecule has 0 saturated carbocycles. The standard InChI is InChI=1S/C9H11O3P/c13-12-8-3-1-2-7(4-8)10-5-9-6-11-9/h1-4,9H,5-6,13H2. The van der Waals surface area contributed by atoms with Gasteiger partial charge in [-0.05, 0) is 12.1 Å². The van der Waals surface area contributed by atoms with Gasteiger partial charge in [0.25, 0.3) is 0 Å². The molecule has 1 fully saturated rings. The van der Waals surface area contributed by atoms with E-state index < -0.39 is 0 Å². The Labute approximate surface area is 79.3 Å². The van der Waals surface area contributed by atoms with E-state index in [0.29, 0.717) is 12.7 Å². The normalized spacial score (nSPS) is 19.6. The summed E-state index contributed by atoms with van der Waals surface area (Å²) in [7, 11) is 2.20. The molecule has 2 rings (SSSR count). The van der Waals surface area contributed by atoms with Crippen LogP contribution in [0.3, 0.4) is 0 Å². The van der Waals surface area contributed by atoms with E-state index in [0.717, 1.165) is 18.1 Å². The van der Waals surface area contributed by atoms with Crippen LogP contribution in [-0.2, 0) is 4.74 Å². The first kappa shape index (κ1) is 8.79. The molecule has 0 N–H and O–H groups in total. The van der Waals surface area contributed by atoms with Crippen LogP contribution in [0.1, 0.15) is 0 Å². The summed E-state index contributed by atoms with van der Waals surface area (Å²) in [4.78, 5) is 0. The van der Waals surface area contributed by atoms with E-state index in [1.54, 1.807) is 0 Å². The van der Waals surface area contributed by atoms with E-state index in [9.17, 15) is 0 Å². The molecule has 0 amide bonds. The third kappa shape index (κ3) is 2.58. The Hall–Kier alpha value is -0.790. The molecule has 4 heteroatoms. The van der Waals surface area contributed by atoms with Crippen molar-refractivity contribution in [3.05, 3.63) is 24.3 Å². The molecule has 13 heavy (non-hydrogen) atoms. The molecule has 0 spiro atoms. The molecule has 1 saturated heterocycles. The molecule has 0 aliphatic carbocycles. The maximum atomic E-state index is 5.46. The summed E-state index contributed by atoms with van der Waals surface area (Å²) in [6, 6.07) is 7.50. The third-order valence-corrected chi connectivity index (χ3v) is 2.05. The maximum Gasteiger partial charge on any atom is 0.126 e. The minimum atomic E-state index is 0.292. The van der Waals surface area contributed by atoms with E-state index in [-0.39, 0.29) is 0 Å². The molecule has 2 unspecified atom stereocenters. The first-order valence-corrected chi connectivity index (χ1v) is 4.57. The quantitative estimate of drug-likeness (QED) is 0.544. The van der Waals surface area contributed by atoms with Crippen LogP contribution >= 0.6 is 9.47 Å². The highest BCUT2D eigenvalue weighted by Gasteiger charge is 2.22. The van der Waals surface area contributed by atoms with Crippen molar-refractivity contribution in [2.45, 2.75) is 6.10 Å². The molecule has 0 radical (unpaired) electrons. The molecule has 1 aromatic rings. The first-order chi connectivity index (χ1) is 6.38. The minimum Gasteiger partial charge on any atom is -0.491 e. The second-order valence-corrected chi connectivity index (χ2v) is 3.09. The predicted molar refractivity (Wildman–Crippen MR) is 52.0 cm³/mol. The van der Waals surface area contributed by atoms with Crippen LogP contribution in [0, 0.1) is 0 Å². The van der Waals surface area contributed by atoms with Crippen LogP contribution in [0.5, 0.6) is 11.5 Å². The summed E-state index contributed by atoms with van der Waals surface area (Å²) in [6.45, 7) is 1.44. The van der Waals surface area contributed by atoms with E-state index in [4.69, 9.17) is 14.0 Å². The van der Waals surface area contributed by atoms with Crippen molar-refractivity contribution in [3.63, 3.8) is 0 Å². The van der Waals surface area contributed by atoms with Crippen molar-refractivity contribution in [1.82, 2.24) is 0 Å². The smallest absolute Gasteiger partial charge is 0.126 e. The third-order valence-electron chi connectivity index (χ3n) is 1.78. The summed E-state index contributed by atoms with van der Waals surface area (Å²) >= 11 is 0. The average molecular weight is 198 g/mol. The van der Waals surface area contributed by atoms with Gasteiger partial charge in [0.1, 0.15) is 24.2 Å². The lowest BCUT2D eigenvalue weighted by atomic mass is 10.3. The maximum absolute atomic E-state index is 5.46. The number of epoxide rings is 1. The second kappa shape index (κ2) is 3.95. The fourth-order valence-corrected chi connectivity index (χ4v) is 1.14. The highest BCUT2D eigenvalue weighted by Crippen LogP contribution is 2.21. The summed E-state index contributed by atoms with van der Waals surface area (Å²) in [6.07, 6.45) is 0.292. The van der Waals surface area contributed by atoms with Gasteiger partial charge in [-0.15, -0.1) is 0 Å². The van der Waals surface area contributed by atoms with Gasteiger partial charge in [-0.2, -0.15) is 0 Å². The molecule has 0 aromatic heterocycles. The van der Waals surface area contributed by atoms with Crippen LogP contribution in [-0.4, -0.2) is 19.3 Å². The number of hydrogen-bond acceptors (Lipinski definition) is 3. The Morgan fingerprint density at radius 2 is 2.23 bits per heavy atom. The first-order valence-electron chi connectivity index (χ1n) is 4.09. The largest absolute Gasteiger partial charge is 0.491 e. The fraction of sp³-hybridized carbons (Fsp3) is 0.333. The Kier molecular flexibility index (Phi) is 2.67. The zero-order valence-corrected chi connectivity index (χ0v) is 8.26. The zero-order valence-electron chi connectivity index (χ0n) is 7.10. The molecule has 3 nitrogen and oxygen atoms in total. The van der Waals surface area contributed by atoms with Gasteiger partial charge >= 0.3 is 0 Å². The fourth-order valence-electron chi connectivity index (χ4n) is 0.991. The van der Waals surface area contributed by atoms with Crippen molar-refractivity contribution < 1.29 is 14.0 Å². The molecule has 1 heterocycles. The molecule has 2 atom stereocenters. The Balaban J connectivity index is 1.93. The molecular weight excluding hydrogens is 187 g/mol. The van der Waals surface area contributed by atoms with Gasteiger partial charge in [0.2, 0.25) is 0 Å². The van der Waals surface area contributed by atoms with E-state index in [1.807, 2.05) is 24.3 Å². The summed E-state index contributed by atoms with van der Waals surface area (Å²) < 4.78 is 15.5. The lowest BCUT2D eigenvalue weighted by molar-refractivity contribution is 0.262. The van der Waals surface area contributed by atoms with Crippen LogP contribution in [0.15, 0.2) is 24.3 Å². The lowest BCUT2D eigenvalue weighted by Crippen LogP contribution is -2.03. The van der Waals surface area contributed by atoms with E-state index in [2.05, 4.69) is 9.47 Å². The van der Waals surface area contributed by atoms with Crippen molar-refractivity contribution in [1.29, 1.82) is 0 Å². The van der Waals surface area contributed by atoms with E-state index in [1.165, 1.54) is 0 Å². The van der Waals surface area contributed by atoms with Crippen LogP contribution < -0.4 is 9.26 Å². The SMILES string of the molecule is POc1cccc(OCC2CO2)c1. The van der Waals surface area contributed by atoms with Gasteiger partial charge in [-0.25, -0.2) is 0 Å². The Bertz CT molecular complexity index is 286. The highest BCUT2D eigenvalue weighted by atomic mass is 31.0. The topological polar surface area (TPSA) is 31.0 Å². The highest BCUT2D eigenvalue weighted by molar-refractivity contribution is 7.10. The molecule has 1 aromatic carbocycles. The van der Waals surface area contributed by atoms with Gasteiger partial charge in [-0.3, -0.25) is 0 Å². The number of hydrogen-bond donors (Lipinski definition) is 0. The Morgan fingerprint density at radius 1 is 1.46 bits per heavy atom. The molecular formula is C9H11O3P. The summed E-state index contributed by atoms with van der Waals surface area (Å²) in [5, 5.41) is 0. The van der Waals surface area contributed by atoms with Gasteiger partial charge in [0, 0.05) is 6.07 Å². The summed E-state index contributed by atoms with van der Waals surface area (Å²) in [5.74, 6) is 1.59. The monoisotopic (exact) mass is 198 g/mol. The molecule has 1 aliphatic heterocycles. The van der Waals surface area contributed by atoms with Gasteiger partial charge in [0.05, 0.1) is 16.1 Å². The second-order valence-electron chi connectivity index (χ2n) is 2.86. The molecule has 1 aliphatic rings. The predicted octanol–water partition coefficient (Wildman–Crippen LogP) is 1.63. The number of rotatable bonds is 4. The van der Waals surface area contributed by atoms with Gasteiger partial charge < -0.3 is 14.0 Å². The number of benzene rings is 1. The Morgan fingerprint density at radius 3 is 2.92 bits per heavy atom.